The Morgan fingerprint density at radius 3 is 2.05 bits per heavy atom. The molecule has 0 heteroatoms. The number of aryl methyl sites for hydroxylation is 1. The largest absolute Gasteiger partial charge is 0.0619 e. The van der Waals surface area contributed by atoms with E-state index in [1.165, 1.54) is 23.1 Å². The van der Waals surface area contributed by atoms with E-state index in [0.29, 0.717) is 10.8 Å². The van der Waals surface area contributed by atoms with E-state index in [1.807, 2.05) is 0 Å². The Labute approximate surface area is 128 Å². The molecule has 1 fully saturated rings. The van der Waals surface area contributed by atoms with Gasteiger partial charge in [-0.15, -0.1) is 0 Å². The molecule has 4 rings (SSSR count). The van der Waals surface area contributed by atoms with Gasteiger partial charge in [-0.25, -0.2) is 0 Å². The van der Waals surface area contributed by atoms with E-state index < -0.39 is 0 Å². The van der Waals surface area contributed by atoms with Crippen molar-refractivity contribution in [1.82, 2.24) is 0 Å². The van der Waals surface area contributed by atoms with Gasteiger partial charge in [-0.2, -0.15) is 0 Å². The van der Waals surface area contributed by atoms with Gasteiger partial charge in [0.2, 0.25) is 0 Å². The fourth-order valence-electron chi connectivity index (χ4n) is 6.03. The van der Waals surface area contributed by atoms with Gasteiger partial charge in [-0.1, -0.05) is 75.7 Å². The first-order valence-corrected chi connectivity index (χ1v) is 8.02. The summed E-state index contributed by atoms with van der Waals surface area (Å²) < 4.78 is 0. The fraction of sp³-hybridized carbons (Fsp3) is 0.429. The molecule has 2 aromatic rings. The Morgan fingerprint density at radius 1 is 0.762 bits per heavy atom. The molecule has 0 bridgehead atoms. The summed E-state index contributed by atoms with van der Waals surface area (Å²) in [7, 11) is 0. The van der Waals surface area contributed by atoms with Gasteiger partial charge in [-0.05, 0) is 46.4 Å². The molecule has 108 valence electrons. The minimum atomic E-state index is 0.165. The molecule has 0 aliphatic heterocycles. The normalized spacial score (nSPS) is 22.5. The Balaban J connectivity index is 2.16. The van der Waals surface area contributed by atoms with Crippen molar-refractivity contribution in [2.24, 2.45) is 10.8 Å². The molecule has 21 heavy (non-hydrogen) atoms. The molecular weight excluding hydrogens is 252 g/mol. The zero-order valence-electron chi connectivity index (χ0n) is 13.7. The fourth-order valence-corrected chi connectivity index (χ4v) is 6.03. The predicted octanol–water partition coefficient (Wildman–Crippen LogP) is 5.72. The first kappa shape index (κ1) is 13.1. The Morgan fingerprint density at radius 2 is 1.38 bits per heavy atom. The van der Waals surface area contributed by atoms with Crippen LogP contribution in [0.2, 0.25) is 0 Å². The first-order chi connectivity index (χ1) is 9.81. The SMILES string of the molecule is Cc1ccc2c(c1)C1(c3ccccc3-2)C(C)(C)CC1(C)C. The number of hydrogen-bond donors (Lipinski definition) is 0. The zero-order valence-corrected chi connectivity index (χ0v) is 13.7. The van der Waals surface area contributed by atoms with Crippen LogP contribution in [0.3, 0.4) is 0 Å². The average Bonchev–Trinajstić information content (AvgIpc) is 2.69. The second-order valence-corrected chi connectivity index (χ2v) is 8.29. The van der Waals surface area contributed by atoms with Gasteiger partial charge in [-0.3, -0.25) is 0 Å². The monoisotopic (exact) mass is 276 g/mol. The highest BCUT2D eigenvalue weighted by molar-refractivity contribution is 5.83. The van der Waals surface area contributed by atoms with Gasteiger partial charge in [0.05, 0.1) is 0 Å². The lowest BCUT2D eigenvalue weighted by molar-refractivity contribution is -0.0858. The second-order valence-electron chi connectivity index (χ2n) is 8.29. The molecule has 0 amide bonds. The molecule has 1 spiro atoms. The highest BCUT2D eigenvalue weighted by Crippen LogP contribution is 2.75. The van der Waals surface area contributed by atoms with Crippen molar-refractivity contribution in [3.63, 3.8) is 0 Å². The molecule has 0 nitrogen and oxygen atoms in total. The van der Waals surface area contributed by atoms with Crippen LogP contribution in [0.1, 0.15) is 50.8 Å². The minimum absolute atomic E-state index is 0.165. The lowest BCUT2D eigenvalue weighted by atomic mass is 9.36. The van der Waals surface area contributed by atoms with Crippen LogP contribution < -0.4 is 0 Å². The maximum atomic E-state index is 2.45. The van der Waals surface area contributed by atoms with Crippen LogP contribution in [0, 0.1) is 17.8 Å². The number of fused-ring (bicyclic) bond motifs is 5. The lowest BCUT2D eigenvalue weighted by Crippen LogP contribution is -2.63. The Kier molecular flexibility index (Phi) is 2.25. The van der Waals surface area contributed by atoms with E-state index in [9.17, 15) is 0 Å². The summed E-state index contributed by atoms with van der Waals surface area (Å²) in [6, 6.07) is 16.1. The summed E-state index contributed by atoms with van der Waals surface area (Å²) >= 11 is 0. The van der Waals surface area contributed by atoms with E-state index in [0.717, 1.165) is 0 Å². The summed E-state index contributed by atoms with van der Waals surface area (Å²) in [6.07, 6.45) is 1.28. The smallest absolute Gasteiger partial charge is 0.0317 e. The standard InChI is InChI=1S/C21H24/c1-14-10-11-16-15-8-6-7-9-17(15)21(18(16)12-14)19(2,3)13-20(21,4)5/h6-12H,13H2,1-5H3. The van der Waals surface area contributed by atoms with Gasteiger partial charge in [0, 0.05) is 5.41 Å². The van der Waals surface area contributed by atoms with Crippen molar-refractivity contribution in [3.8, 4) is 11.1 Å². The van der Waals surface area contributed by atoms with Crippen LogP contribution in [0.15, 0.2) is 42.5 Å². The number of hydrogen-bond acceptors (Lipinski definition) is 0. The molecule has 0 N–H and O–H groups in total. The van der Waals surface area contributed by atoms with Crippen LogP contribution in [0.5, 0.6) is 0 Å². The molecule has 0 unspecified atom stereocenters. The van der Waals surface area contributed by atoms with Crippen LogP contribution in [-0.2, 0) is 5.41 Å². The van der Waals surface area contributed by atoms with Gasteiger partial charge in [0.25, 0.3) is 0 Å². The molecule has 2 aliphatic carbocycles. The zero-order chi connectivity index (χ0) is 15.0. The van der Waals surface area contributed by atoms with Crippen LogP contribution >= 0.6 is 0 Å². The highest BCUT2D eigenvalue weighted by Gasteiger charge is 2.69. The third kappa shape index (κ3) is 1.28. The van der Waals surface area contributed by atoms with Crippen molar-refractivity contribution < 1.29 is 0 Å². The van der Waals surface area contributed by atoms with Crippen LogP contribution in [-0.4, -0.2) is 0 Å². The molecule has 0 saturated heterocycles. The maximum absolute atomic E-state index is 2.45. The van der Waals surface area contributed by atoms with Crippen LogP contribution in [0.4, 0.5) is 0 Å². The highest BCUT2D eigenvalue weighted by atomic mass is 14.7. The summed E-state index contributed by atoms with van der Waals surface area (Å²) in [5.41, 5.74) is 8.18. The topological polar surface area (TPSA) is 0 Å². The molecule has 2 aliphatic rings. The third-order valence-corrected chi connectivity index (χ3v) is 6.11. The quantitative estimate of drug-likeness (QED) is 0.577. The maximum Gasteiger partial charge on any atom is 0.0317 e. The van der Waals surface area contributed by atoms with Gasteiger partial charge >= 0.3 is 0 Å². The van der Waals surface area contributed by atoms with Crippen molar-refractivity contribution in [3.05, 3.63) is 59.2 Å². The predicted molar refractivity (Wildman–Crippen MR) is 89.6 cm³/mol. The van der Waals surface area contributed by atoms with Gasteiger partial charge < -0.3 is 0 Å². The molecule has 2 aromatic carbocycles. The van der Waals surface area contributed by atoms with E-state index in [4.69, 9.17) is 0 Å². The van der Waals surface area contributed by atoms with Crippen molar-refractivity contribution in [2.45, 2.75) is 46.5 Å². The Bertz CT molecular complexity index is 732. The summed E-state index contributed by atoms with van der Waals surface area (Å²) in [5.74, 6) is 0. The van der Waals surface area contributed by atoms with E-state index in [1.54, 1.807) is 11.1 Å². The molecular formula is C21H24. The van der Waals surface area contributed by atoms with E-state index in [-0.39, 0.29) is 5.41 Å². The minimum Gasteiger partial charge on any atom is -0.0619 e. The molecule has 0 radical (unpaired) electrons. The second kappa shape index (κ2) is 3.61. The van der Waals surface area contributed by atoms with Crippen molar-refractivity contribution in [2.75, 3.05) is 0 Å². The van der Waals surface area contributed by atoms with Crippen molar-refractivity contribution >= 4 is 0 Å². The molecule has 1 saturated carbocycles. The summed E-state index contributed by atoms with van der Waals surface area (Å²) in [4.78, 5) is 0. The third-order valence-electron chi connectivity index (χ3n) is 6.11. The Hall–Kier alpha value is -1.56. The molecule has 0 aromatic heterocycles. The van der Waals surface area contributed by atoms with E-state index in [2.05, 4.69) is 77.1 Å². The van der Waals surface area contributed by atoms with E-state index >= 15 is 0 Å². The van der Waals surface area contributed by atoms with Gasteiger partial charge in [0.15, 0.2) is 0 Å². The summed E-state index contributed by atoms with van der Waals surface area (Å²) in [5, 5.41) is 0. The first-order valence-electron chi connectivity index (χ1n) is 8.02. The average molecular weight is 276 g/mol. The van der Waals surface area contributed by atoms with Crippen molar-refractivity contribution in [1.29, 1.82) is 0 Å². The number of benzene rings is 2. The molecule has 0 atom stereocenters. The summed E-state index contributed by atoms with van der Waals surface area (Å²) in [6.45, 7) is 12.0. The van der Waals surface area contributed by atoms with Crippen LogP contribution in [0.25, 0.3) is 11.1 Å². The van der Waals surface area contributed by atoms with Gasteiger partial charge in [0.1, 0.15) is 0 Å². The number of rotatable bonds is 0. The lowest BCUT2D eigenvalue weighted by Gasteiger charge is -2.67. The molecule has 0 heterocycles.